The molecule has 0 aromatic carbocycles. The van der Waals surface area contributed by atoms with Gasteiger partial charge >= 0.3 is 0 Å². The molecule has 1 aliphatic heterocycles. The maximum Gasteiger partial charge on any atom is 0.239 e. The summed E-state index contributed by atoms with van der Waals surface area (Å²) in [5.41, 5.74) is -0.634. The normalized spacial score (nSPS) is 26.2. The van der Waals surface area contributed by atoms with Gasteiger partial charge in [0.25, 0.3) is 0 Å². The highest BCUT2D eigenvalue weighted by molar-refractivity contribution is 5.81. The van der Waals surface area contributed by atoms with E-state index < -0.39 is 11.5 Å². The predicted molar refractivity (Wildman–Crippen MR) is 49.0 cm³/mol. The van der Waals surface area contributed by atoms with E-state index >= 15 is 0 Å². The number of hydrogen-bond acceptors (Lipinski definition) is 3. The van der Waals surface area contributed by atoms with Crippen LogP contribution in [0.2, 0.25) is 0 Å². The SMILES string of the molecule is CC(C#N)C(=O)N1CC(O)(C2CC2)C1. The van der Waals surface area contributed by atoms with Crippen LogP contribution in [0.15, 0.2) is 0 Å². The van der Waals surface area contributed by atoms with Crippen LogP contribution in [0.1, 0.15) is 19.8 Å². The fourth-order valence-electron chi connectivity index (χ4n) is 1.98. The standard InChI is InChI=1S/C10H14N2O2/c1-7(4-11)9(13)12-5-10(14,6-12)8-2-3-8/h7-8,14H,2-3,5-6H2,1H3. The summed E-state index contributed by atoms with van der Waals surface area (Å²) < 4.78 is 0. The lowest BCUT2D eigenvalue weighted by Gasteiger charge is -2.47. The molecule has 2 rings (SSSR count). The Hall–Kier alpha value is -1.08. The molecule has 1 saturated heterocycles. The highest BCUT2D eigenvalue weighted by Crippen LogP contribution is 2.44. The zero-order chi connectivity index (χ0) is 10.3. The van der Waals surface area contributed by atoms with E-state index in [4.69, 9.17) is 5.26 Å². The molecule has 0 aromatic rings. The van der Waals surface area contributed by atoms with Crippen molar-refractivity contribution in [3.63, 3.8) is 0 Å². The molecule has 2 aliphatic rings. The zero-order valence-electron chi connectivity index (χ0n) is 8.23. The van der Waals surface area contributed by atoms with Gasteiger partial charge < -0.3 is 10.0 Å². The third-order valence-corrected chi connectivity index (χ3v) is 3.14. The van der Waals surface area contributed by atoms with Gasteiger partial charge in [0.1, 0.15) is 11.5 Å². The van der Waals surface area contributed by atoms with Gasteiger partial charge in [0.05, 0.1) is 19.2 Å². The molecule has 1 saturated carbocycles. The lowest BCUT2D eigenvalue weighted by Crippen LogP contribution is -2.65. The molecule has 2 fully saturated rings. The minimum Gasteiger partial charge on any atom is -0.386 e. The average molecular weight is 194 g/mol. The first-order chi connectivity index (χ1) is 6.57. The largest absolute Gasteiger partial charge is 0.386 e. The minimum atomic E-state index is -0.634. The van der Waals surface area contributed by atoms with Crippen molar-refractivity contribution >= 4 is 5.91 Å². The van der Waals surface area contributed by atoms with Gasteiger partial charge in [-0.15, -0.1) is 0 Å². The molecule has 76 valence electrons. The second-order valence-corrected chi connectivity index (χ2v) is 4.42. The van der Waals surface area contributed by atoms with E-state index in [-0.39, 0.29) is 5.91 Å². The van der Waals surface area contributed by atoms with Crippen molar-refractivity contribution < 1.29 is 9.90 Å². The van der Waals surface area contributed by atoms with Gasteiger partial charge in [0, 0.05) is 0 Å². The summed E-state index contributed by atoms with van der Waals surface area (Å²) in [6.45, 7) is 2.43. The van der Waals surface area contributed by atoms with Crippen molar-refractivity contribution in [2.75, 3.05) is 13.1 Å². The summed E-state index contributed by atoms with van der Waals surface area (Å²) >= 11 is 0. The molecule has 0 bridgehead atoms. The predicted octanol–water partition coefficient (Wildman–Crippen LogP) is 0.129. The van der Waals surface area contributed by atoms with Crippen LogP contribution < -0.4 is 0 Å². The molecular formula is C10H14N2O2. The van der Waals surface area contributed by atoms with Crippen molar-refractivity contribution in [2.45, 2.75) is 25.4 Å². The van der Waals surface area contributed by atoms with E-state index in [1.165, 1.54) is 0 Å². The molecule has 0 aromatic heterocycles. The monoisotopic (exact) mass is 194 g/mol. The lowest BCUT2D eigenvalue weighted by molar-refractivity contribution is -0.161. The number of amides is 1. The van der Waals surface area contributed by atoms with Crippen molar-refractivity contribution in [1.82, 2.24) is 4.90 Å². The molecule has 14 heavy (non-hydrogen) atoms. The molecule has 1 unspecified atom stereocenters. The fraction of sp³-hybridized carbons (Fsp3) is 0.800. The molecule has 1 amide bonds. The van der Waals surface area contributed by atoms with Crippen LogP contribution in [0.5, 0.6) is 0 Å². The van der Waals surface area contributed by atoms with Crippen LogP contribution in [-0.2, 0) is 4.79 Å². The number of aliphatic hydroxyl groups is 1. The van der Waals surface area contributed by atoms with Gasteiger partial charge in [0.15, 0.2) is 0 Å². The number of β-amino-alcohol motifs (C(OH)–C–C–N with tert-alkyl or cyclic N) is 1. The van der Waals surface area contributed by atoms with Crippen LogP contribution >= 0.6 is 0 Å². The van der Waals surface area contributed by atoms with Gasteiger partial charge in [0.2, 0.25) is 5.91 Å². The van der Waals surface area contributed by atoms with Crippen molar-refractivity contribution in [3.05, 3.63) is 0 Å². The van der Waals surface area contributed by atoms with E-state index in [2.05, 4.69) is 0 Å². The summed E-state index contributed by atoms with van der Waals surface area (Å²) in [5.74, 6) is -0.347. The number of rotatable bonds is 2. The molecule has 0 spiro atoms. The summed E-state index contributed by atoms with van der Waals surface area (Å²) in [7, 11) is 0. The minimum absolute atomic E-state index is 0.155. The maximum absolute atomic E-state index is 11.5. The number of carbonyl (C=O) groups excluding carboxylic acids is 1. The van der Waals surface area contributed by atoms with Crippen LogP contribution in [0.25, 0.3) is 0 Å². The second kappa shape index (κ2) is 2.96. The van der Waals surface area contributed by atoms with E-state index in [1.807, 2.05) is 6.07 Å². The van der Waals surface area contributed by atoms with Crippen LogP contribution in [0.4, 0.5) is 0 Å². The Morgan fingerprint density at radius 2 is 2.21 bits per heavy atom. The Morgan fingerprint density at radius 1 is 1.64 bits per heavy atom. The molecule has 1 aliphatic carbocycles. The van der Waals surface area contributed by atoms with E-state index in [1.54, 1.807) is 11.8 Å². The topological polar surface area (TPSA) is 64.3 Å². The molecule has 1 atom stereocenters. The van der Waals surface area contributed by atoms with Gasteiger partial charge in [-0.3, -0.25) is 4.79 Å². The zero-order valence-corrected chi connectivity index (χ0v) is 8.23. The van der Waals surface area contributed by atoms with Crippen molar-refractivity contribution in [2.24, 2.45) is 11.8 Å². The van der Waals surface area contributed by atoms with Crippen LogP contribution in [-0.4, -0.2) is 34.6 Å². The lowest BCUT2D eigenvalue weighted by atomic mass is 9.88. The van der Waals surface area contributed by atoms with Crippen molar-refractivity contribution in [1.29, 1.82) is 5.26 Å². The van der Waals surface area contributed by atoms with Gasteiger partial charge in [-0.1, -0.05) is 0 Å². The smallest absolute Gasteiger partial charge is 0.239 e. The molecule has 0 radical (unpaired) electrons. The third-order valence-electron chi connectivity index (χ3n) is 3.14. The first kappa shape index (κ1) is 9.47. The van der Waals surface area contributed by atoms with Crippen LogP contribution in [0, 0.1) is 23.2 Å². The highest BCUT2D eigenvalue weighted by Gasteiger charge is 2.53. The second-order valence-electron chi connectivity index (χ2n) is 4.42. The average Bonchev–Trinajstić information content (AvgIpc) is 2.93. The Bertz CT molecular complexity index is 298. The maximum atomic E-state index is 11.5. The Balaban J connectivity index is 1.88. The quantitative estimate of drug-likeness (QED) is 0.679. The van der Waals surface area contributed by atoms with E-state index in [0.717, 1.165) is 12.8 Å². The third kappa shape index (κ3) is 1.38. The molecule has 1 N–H and O–H groups in total. The summed E-state index contributed by atoms with van der Waals surface area (Å²) in [4.78, 5) is 13.1. The molecule has 1 heterocycles. The number of likely N-dealkylation sites (tertiary alicyclic amines) is 1. The summed E-state index contributed by atoms with van der Waals surface area (Å²) in [6, 6.07) is 1.91. The van der Waals surface area contributed by atoms with Gasteiger partial charge in [-0.25, -0.2) is 0 Å². The van der Waals surface area contributed by atoms with Crippen LogP contribution in [0.3, 0.4) is 0 Å². The Kier molecular flexibility index (Phi) is 2.00. The Morgan fingerprint density at radius 3 is 2.64 bits per heavy atom. The molecule has 4 nitrogen and oxygen atoms in total. The number of nitrogens with zero attached hydrogens (tertiary/aromatic N) is 2. The number of hydrogen-bond donors (Lipinski definition) is 1. The Labute approximate surface area is 83.1 Å². The molecule has 4 heteroatoms. The number of carbonyl (C=O) groups is 1. The number of nitriles is 1. The van der Waals surface area contributed by atoms with Crippen molar-refractivity contribution in [3.8, 4) is 6.07 Å². The molecular weight excluding hydrogens is 180 g/mol. The van der Waals surface area contributed by atoms with E-state index in [9.17, 15) is 9.90 Å². The fourth-order valence-corrected chi connectivity index (χ4v) is 1.98. The highest BCUT2D eigenvalue weighted by atomic mass is 16.3. The first-order valence-corrected chi connectivity index (χ1v) is 4.97. The van der Waals surface area contributed by atoms with Gasteiger partial charge in [-0.2, -0.15) is 5.26 Å². The summed E-state index contributed by atoms with van der Waals surface area (Å²) in [6.07, 6.45) is 2.15. The summed E-state index contributed by atoms with van der Waals surface area (Å²) in [5, 5.41) is 18.5. The van der Waals surface area contributed by atoms with E-state index in [0.29, 0.717) is 19.0 Å². The van der Waals surface area contributed by atoms with Gasteiger partial charge in [-0.05, 0) is 25.7 Å². The first-order valence-electron chi connectivity index (χ1n) is 4.97.